The molecule has 1 aromatic carbocycles. The second-order valence-electron chi connectivity index (χ2n) is 4.75. The normalized spacial score (nSPS) is 10.6. The molecule has 0 atom stereocenters. The summed E-state index contributed by atoms with van der Waals surface area (Å²) in [6.07, 6.45) is 0.852. The monoisotopic (exact) mass is 305 g/mol. The molecule has 112 valence electrons. The molecule has 0 saturated heterocycles. The third kappa shape index (κ3) is 4.12. The van der Waals surface area contributed by atoms with Crippen LogP contribution in [0.2, 0.25) is 0 Å². The number of aryl methyl sites for hydroxylation is 1. The van der Waals surface area contributed by atoms with Crippen LogP contribution in [-0.2, 0) is 17.8 Å². The minimum absolute atomic E-state index is 0.0409. The summed E-state index contributed by atoms with van der Waals surface area (Å²) in [5.41, 5.74) is 4.49. The number of rotatable bonds is 7. The smallest absolute Gasteiger partial charge is 0.159 e. The van der Waals surface area contributed by atoms with Crippen molar-refractivity contribution in [3.05, 3.63) is 45.4 Å². The molecule has 0 fully saturated rings. The highest BCUT2D eigenvalue weighted by atomic mass is 32.1. The number of benzene rings is 1. The molecule has 2 aromatic rings. The predicted molar refractivity (Wildman–Crippen MR) is 83.2 cm³/mol. The van der Waals surface area contributed by atoms with Gasteiger partial charge in [0.1, 0.15) is 5.75 Å². The highest BCUT2D eigenvalue weighted by molar-refractivity contribution is 7.09. The van der Waals surface area contributed by atoms with Gasteiger partial charge in [0.05, 0.1) is 31.5 Å². The maximum atomic E-state index is 11.4. The van der Waals surface area contributed by atoms with E-state index in [9.17, 15) is 4.79 Å². The van der Waals surface area contributed by atoms with Crippen molar-refractivity contribution in [3.63, 3.8) is 0 Å². The Labute approximate surface area is 128 Å². The summed E-state index contributed by atoms with van der Waals surface area (Å²) in [7, 11) is 1.62. The number of ketones is 1. The molecule has 0 radical (unpaired) electrons. The van der Waals surface area contributed by atoms with E-state index in [0.717, 1.165) is 23.4 Å². The van der Waals surface area contributed by atoms with Crippen molar-refractivity contribution in [1.29, 1.82) is 0 Å². The van der Waals surface area contributed by atoms with Gasteiger partial charge in [-0.15, -0.1) is 11.3 Å². The first kappa shape index (κ1) is 15.7. The molecule has 1 heterocycles. The molecule has 0 N–H and O–H groups in total. The number of hydrogen-bond acceptors (Lipinski definition) is 5. The molecule has 0 aliphatic rings. The van der Waals surface area contributed by atoms with Gasteiger partial charge in [0.25, 0.3) is 0 Å². The van der Waals surface area contributed by atoms with E-state index < -0.39 is 0 Å². The van der Waals surface area contributed by atoms with Gasteiger partial charge in [-0.1, -0.05) is 0 Å². The van der Waals surface area contributed by atoms with E-state index in [-0.39, 0.29) is 5.78 Å². The van der Waals surface area contributed by atoms with Crippen LogP contribution >= 0.6 is 11.3 Å². The minimum atomic E-state index is 0.0409. The van der Waals surface area contributed by atoms with Crippen molar-refractivity contribution in [3.8, 4) is 5.75 Å². The summed E-state index contributed by atoms with van der Waals surface area (Å²) < 4.78 is 11.0. The third-order valence-corrected chi connectivity index (χ3v) is 4.26. The zero-order chi connectivity index (χ0) is 15.2. The molecule has 0 aliphatic heterocycles. The molecule has 4 nitrogen and oxygen atoms in total. The number of thiazole rings is 1. The number of aromatic nitrogens is 1. The van der Waals surface area contributed by atoms with E-state index >= 15 is 0 Å². The van der Waals surface area contributed by atoms with Gasteiger partial charge < -0.3 is 9.47 Å². The quantitative estimate of drug-likeness (QED) is 0.581. The summed E-state index contributed by atoms with van der Waals surface area (Å²) in [5.74, 6) is 0.785. The molecule has 21 heavy (non-hydrogen) atoms. The Bertz CT molecular complexity index is 622. The largest absolute Gasteiger partial charge is 0.496 e. The van der Waals surface area contributed by atoms with E-state index in [1.807, 2.05) is 24.6 Å². The lowest BCUT2D eigenvalue weighted by molar-refractivity contribution is 0.101. The van der Waals surface area contributed by atoms with Crippen LogP contribution in [0.1, 0.15) is 33.4 Å². The lowest BCUT2D eigenvalue weighted by Gasteiger charge is -2.10. The van der Waals surface area contributed by atoms with Crippen molar-refractivity contribution < 1.29 is 14.3 Å². The molecule has 0 bridgehead atoms. The van der Waals surface area contributed by atoms with E-state index in [2.05, 4.69) is 4.98 Å². The average molecular weight is 305 g/mol. The van der Waals surface area contributed by atoms with Gasteiger partial charge >= 0.3 is 0 Å². The SMILES string of the molecule is COc1ccc(C(C)=O)cc1COCCc1scnc1C. The Balaban J connectivity index is 1.94. The van der Waals surface area contributed by atoms with Crippen LogP contribution in [0.15, 0.2) is 23.7 Å². The molecule has 0 aliphatic carbocycles. The van der Waals surface area contributed by atoms with Crippen molar-refractivity contribution in [2.45, 2.75) is 26.9 Å². The standard InChI is InChI=1S/C16H19NO3S/c1-11-16(21-10-17-11)6-7-20-9-14-8-13(12(2)18)4-5-15(14)19-3/h4-5,8,10H,6-7,9H2,1-3H3. The molecule has 0 saturated carbocycles. The number of methoxy groups -OCH3 is 1. The van der Waals surface area contributed by atoms with E-state index in [0.29, 0.717) is 18.8 Å². The minimum Gasteiger partial charge on any atom is -0.496 e. The maximum absolute atomic E-state index is 11.4. The van der Waals surface area contributed by atoms with Crippen molar-refractivity contribution in [2.24, 2.45) is 0 Å². The fourth-order valence-corrected chi connectivity index (χ4v) is 2.79. The predicted octanol–water partition coefficient (Wildman–Crippen LogP) is 3.42. The van der Waals surface area contributed by atoms with Crippen molar-refractivity contribution in [1.82, 2.24) is 4.98 Å². The lowest BCUT2D eigenvalue weighted by atomic mass is 10.1. The summed E-state index contributed by atoms with van der Waals surface area (Å²) in [5, 5.41) is 0. The molecular weight excluding hydrogens is 286 g/mol. The van der Waals surface area contributed by atoms with E-state index in [1.54, 1.807) is 31.4 Å². The summed E-state index contributed by atoms with van der Waals surface area (Å²) in [6, 6.07) is 5.41. The highest BCUT2D eigenvalue weighted by Crippen LogP contribution is 2.21. The molecule has 5 heteroatoms. The first-order valence-corrected chi connectivity index (χ1v) is 7.64. The van der Waals surface area contributed by atoms with Crippen LogP contribution in [0.3, 0.4) is 0 Å². The number of nitrogens with zero attached hydrogens (tertiary/aromatic N) is 1. The van der Waals surface area contributed by atoms with Gasteiger partial charge in [-0.05, 0) is 32.0 Å². The molecule has 2 rings (SSSR count). The first-order valence-electron chi connectivity index (χ1n) is 6.76. The number of carbonyl (C=O) groups is 1. The van der Waals surface area contributed by atoms with Gasteiger partial charge in [-0.3, -0.25) is 4.79 Å². The van der Waals surface area contributed by atoms with Gasteiger partial charge in [0, 0.05) is 22.4 Å². The van der Waals surface area contributed by atoms with Crippen LogP contribution in [0.4, 0.5) is 0 Å². The molecule has 0 spiro atoms. The number of ether oxygens (including phenoxy) is 2. The van der Waals surface area contributed by atoms with Crippen LogP contribution in [0, 0.1) is 6.92 Å². The summed E-state index contributed by atoms with van der Waals surface area (Å²) >= 11 is 1.65. The first-order chi connectivity index (χ1) is 10.1. The molecule has 1 aromatic heterocycles. The fraction of sp³-hybridized carbons (Fsp3) is 0.375. The Morgan fingerprint density at radius 1 is 1.38 bits per heavy atom. The summed E-state index contributed by atoms with van der Waals surface area (Å²) in [4.78, 5) is 16.9. The van der Waals surface area contributed by atoms with Gasteiger partial charge in [-0.2, -0.15) is 0 Å². The zero-order valence-corrected chi connectivity index (χ0v) is 13.3. The third-order valence-electron chi connectivity index (χ3n) is 3.26. The van der Waals surface area contributed by atoms with Crippen LogP contribution in [0.25, 0.3) is 0 Å². The van der Waals surface area contributed by atoms with Gasteiger partial charge in [0.15, 0.2) is 5.78 Å². The van der Waals surface area contributed by atoms with Crippen molar-refractivity contribution >= 4 is 17.1 Å². The average Bonchev–Trinajstić information content (AvgIpc) is 2.88. The Morgan fingerprint density at radius 2 is 2.19 bits per heavy atom. The molecule has 0 unspecified atom stereocenters. The molecule has 0 amide bonds. The Morgan fingerprint density at radius 3 is 2.81 bits per heavy atom. The number of Topliss-reactive ketones (excluding diaryl/α,β-unsaturated/α-hetero) is 1. The van der Waals surface area contributed by atoms with Crippen molar-refractivity contribution in [2.75, 3.05) is 13.7 Å². The summed E-state index contributed by atoms with van der Waals surface area (Å²) in [6.45, 7) is 4.61. The number of hydrogen-bond donors (Lipinski definition) is 0. The van der Waals surface area contributed by atoms with Gasteiger partial charge in [0.2, 0.25) is 0 Å². The topological polar surface area (TPSA) is 48.4 Å². The van der Waals surface area contributed by atoms with Gasteiger partial charge in [-0.25, -0.2) is 4.98 Å². The highest BCUT2D eigenvalue weighted by Gasteiger charge is 2.08. The van der Waals surface area contributed by atoms with E-state index in [4.69, 9.17) is 9.47 Å². The Kier molecular flexibility index (Phi) is 5.47. The van der Waals surface area contributed by atoms with E-state index in [1.165, 1.54) is 4.88 Å². The van der Waals surface area contributed by atoms with Crippen LogP contribution < -0.4 is 4.74 Å². The fourth-order valence-electron chi connectivity index (χ4n) is 2.02. The number of carbonyl (C=O) groups excluding carboxylic acids is 1. The molecular formula is C16H19NO3S. The maximum Gasteiger partial charge on any atom is 0.159 e. The Hall–Kier alpha value is -1.72. The second-order valence-corrected chi connectivity index (χ2v) is 5.69. The van der Waals surface area contributed by atoms with Crippen LogP contribution in [0.5, 0.6) is 5.75 Å². The second kappa shape index (κ2) is 7.33. The zero-order valence-electron chi connectivity index (χ0n) is 12.5. The lowest BCUT2D eigenvalue weighted by Crippen LogP contribution is -2.02. The van der Waals surface area contributed by atoms with Crippen LogP contribution in [-0.4, -0.2) is 24.5 Å².